The third-order valence-corrected chi connectivity index (χ3v) is 2.26. The molecule has 0 saturated heterocycles. The zero-order chi connectivity index (χ0) is 13.6. The van der Waals surface area contributed by atoms with Crippen molar-refractivity contribution in [2.75, 3.05) is 19.8 Å². The van der Waals surface area contributed by atoms with E-state index in [4.69, 9.17) is 11.1 Å². The van der Waals surface area contributed by atoms with E-state index in [0.717, 1.165) is 30.7 Å². The van der Waals surface area contributed by atoms with Crippen LogP contribution in [0.15, 0.2) is 10.2 Å². The lowest BCUT2D eigenvalue weighted by atomic mass is 10.1. The van der Waals surface area contributed by atoms with Gasteiger partial charge >= 0.3 is 0 Å². The standard InChI is InChI=1S/C8H16N8O2/c9-13-11-6-4-2-1-3-5-7-15(16(17)18)8-12-14-10/h1-8H2. The summed E-state index contributed by atoms with van der Waals surface area (Å²) < 4.78 is 0. The number of azide groups is 2. The lowest BCUT2D eigenvalue weighted by Gasteiger charge is -2.10. The van der Waals surface area contributed by atoms with Gasteiger partial charge in [0.05, 0.1) is 6.54 Å². The predicted molar refractivity (Wildman–Crippen MR) is 64.8 cm³/mol. The number of hydrogen-bond donors (Lipinski definition) is 0. The zero-order valence-electron chi connectivity index (χ0n) is 10.1. The molecule has 0 heterocycles. The highest BCUT2D eigenvalue weighted by Gasteiger charge is 2.11. The summed E-state index contributed by atoms with van der Waals surface area (Å²) in [4.78, 5) is 15.7. The molecule has 0 unspecified atom stereocenters. The van der Waals surface area contributed by atoms with Crippen molar-refractivity contribution in [2.24, 2.45) is 10.2 Å². The molecular weight excluding hydrogens is 240 g/mol. The van der Waals surface area contributed by atoms with Crippen molar-refractivity contribution in [3.63, 3.8) is 0 Å². The molecule has 0 radical (unpaired) electrons. The highest BCUT2D eigenvalue weighted by atomic mass is 16.7. The van der Waals surface area contributed by atoms with E-state index in [0.29, 0.717) is 13.0 Å². The van der Waals surface area contributed by atoms with E-state index in [1.807, 2.05) is 0 Å². The summed E-state index contributed by atoms with van der Waals surface area (Å²) >= 11 is 0. The van der Waals surface area contributed by atoms with Gasteiger partial charge < -0.3 is 0 Å². The molecule has 0 fully saturated rings. The molecule has 100 valence electrons. The molecule has 0 aliphatic rings. The second kappa shape index (κ2) is 11.3. The van der Waals surface area contributed by atoms with Gasteiger partial charge in [-0.3, -0.25) is 0 Å². The molecule has 0 bridgehead atoms. The first-order valence-corrected chi connectivity index (χ1v) is 5.63. The average molecular weight is 256 g/mol. The van der Waals surface area contributed by atoms with Crippen LogP contribution in [0.3, 0.4) is 0 Å². The van der Waals surface area contributed by atoms with E-state index in [1.165, 1.54) is 0 Å². The molecule has 0 spiro atoms. The lowest BCUT2D eigenvalue weighted by Crippen LogP contribution is -2.30. The minimum atomic E-state index is -0.559. The normalized spacial score (nSPS) is 9.11. The Kier molecular flexibility index (Phi) is 9.94. The molecular formula is C8H16N8O2. The topological polar surface area (TPSA) is 144 Å². The minimum absolute atomic E-state index is 0.250. The number of unbranched alkanes of at least 4 members (excludes halogenated alkanes) is 4. The number of nitro groups is 1. The monoisotopic (exact) mass is 256 g/mol. The number of hydrazine groups is 1. The van der Waals surface area contributed by atoms with Gasteiger partial charge in [0.25, 0.3) is 0 Å². The Morgan fingerprint density at radius 1 is 1.06 bits per heavy atom. The molecule has 0 atom stereocenters. The van der Waals surface area contributed by atoms with Gasteiger partial charge in [0.1, 0.15) is 0 Å². The van der Waals surface area contributed by atoms with Crippen LogP contribution in [0.4, 0.5) is 0 Å². The van der Waals surface area contributed by atoms with Crippen molar-refractivity contribution in [3.05, 3.63) is 31.0 Å². The fourth-order valence-corrected chi connectivity index (χ4v) is 1.36. The van der Waals surface area contributed by atoms with Gasteiger partial charge in [-0.25, -0.2) is 10.1 Å². The van der Waals surface area contributed by atoms with Gasteiger partial charge in [-0.15, -0.1) is 5.01 Å². The first-order chi connectivity index (χ1) is 8.72. The summed E-state index contributed by atoms with van der Waals surface area (Å²) in [6.45, 7) is 0.511. The first-order valence-electron chi connectivity index (χ1n) is 5.63. The van der Waals surface area contributed by atoms with Crippen LogP contribution in [0.5, 0.6) is 0 Å². The minimum Gasteiger partial charge on any atom is -0.235 e. The van der Waals surface area contributed by atoms with Crippen LogP contribution in [0.1, 0.15) is 32.1 Å². The van der Waals surface area contributed by atoms with Gasteiger partial charge in [0, 0.05) is 16.4 Å². The molecule has 18 heavy (non-hydrogen) atoms. The van der Waals surface area contributed by atoms with Gasteiger partial charge in [-0.05, 0) is 23.9 Å². The van der Waals surface area contributed by atoms with E-state index >= 15 is 0 Å². The summed E-state index contributed by atoms with van der Waals surface area (Å²) in [6.07, 6.45) is 4.24. The quantitative estimate of drug-likeness (QED) is 0.140. The SMILES string of the molecule is [N-]=[N+]=NCCCCCCCN(CN=[N+]=[N-])[N+](=O)[O-]. The Hall–Kier alpha value is -2.18. The highest BCUT2D eigenvalue weighted by Crippen LogP contribution is 2.05. The summed E-state index contributed by atoms with van der Waals surface area (Å²) in [5.74, 6) is 0. The Labute approximate surface area is 104 Å². The summed E-state index contributed by atoms with van der Waals surface area (Å²) in [7, 11) is 0. The second-order valence-corrected chi connectivity index (χ2v) is 3.56. The van der Waals surface area contributed by atoms with Gasteiger partial charge in [-0.1, -0.05) is 29.5 Å². The van der Waals surface area contributed by atoms with E-state index in [9.17, 15) is 10.1 Å². The van der Waals surface area contributed by atoms with Crippen molar-refractivity contribution in [3.8, 4) is 0 Å². The molecule has 0 aliphatic carbocycles. The largest absolute Gasteiger partial charge is 0.235 e. The molecule has 10 nitrogen and oxygen atoms in total. The van der Waals surface area contributed by atoms with Crippen molar-refractivity contribution >= 4 is 0 Å². The maximum absolute atomic E-state index is 10.5. The van der Waals surface area contributed by atoms with Crippen LogP contribution in [0.2, 0.25) is 0 Å². The lowest BCUT2D eigenvalue weighted by molar-refractivity contribution is -0.655. The Morgan fingerprint density at radius 2 is 1.67 bits per heavy atom. The maximum atomic E-state index is 10.5. The van der Waals surface area contributed by atoms with Crippen LogP contribution >= 0.6 is 0 Å². The molecule has 10 heteroatoms. The van der Waals surface area contributed by atoms with Crippen molar-refractivity contribution < 1.29 is 5.03 Å². The molecule has 0 aromatic rings. The van der Waals surface area contributed by atoms with Crippen molar-refractivity contribution in [1.29, 1.82) is 0 Å². The third kappa shape index (κ3) is 9.08. The van der Waals surface area contributed by atoms with Gasteiger partial charge in [0.15, 0.2) is 11.7 Å². The van der Waals surface area contributed by atoms with Crippen LogP contribution in [0.25, 0.3) is 20.9 Å². The van der Waals surface area contributed by atoms with E-state index < -0.39 is 5.03 Å². The van der Waals surface area contributed by atoms with Gasteiger partial charge in [0.2, 0.25) is 0 Å². The van der Waals surface area contributed by atoms with E-state index in [-0.39, 0.29) is 13.2 Å². The maximum Gasteiger partial charge on any atom is 0.160 e. The van der Waals surface area contributed by atoms with Crippen LogP contribution in [-0.4, -0.2) is 29.8 Å². The molecule has 0 amide bonds. The first kappa shape index (κ1) is 15.8. The molecule has 0 aromatic carbocycles. The van der Waals surface area contributed by atoms with Gasteiger partial charge in [-0.2, -0.15) is 0 Å². The second-order valence-electron chi connectivity index (χ2n) is 3.56. The number of rotatable bonds is 11. The molecule has 0 aliphatic heterocycles. The summed E-state index contributed by atoms with van der Waals surface area (Å²) in [5.41, 5.74) is 16.1. The Morgan fingerprint density at radius 3 is 2.28 bits per heavy atom. The van der Waals surface area contributed by atoms with Crippen LogP contribution in [-0.2, 0) is 0 Å². The number of nitrogens with zero attached hydrogens (tertiary/aromatic N) is 8. The van der Waals surface area contributed by atoms with E-state index in [2.05, 4.69) is 20.1 Å². The fraction of sp³-hybridized carbons (Fsp3) is 1.00. The van der Waals surface area contributed by atoms with Crippen molar-refractivity contribution in [2.45, 2.75) is 32.1 Å². The van der Waals surface area contributed by atoms with Crippen LogP contribution < -0.4 is 0 Å². The average Bonchev–Trinajstić information content (AvgIpc) is 2.35. The van der Waals surface area contributed by atoms with E-state index in [1.54, 1.807) is 0 Å². The third-order valence-electron chi connectivity index (χ3n) is 2.26. The Bertz CT molecular complexity index is 334. The highest BCUT2D eigenvalue weighted by molar-refractivity contribution is 4.51. The summed E-state index contributed by atoms with van der Waals surface area (Å²) in [6, 6.07) is 0. The molecule has 0 N–H and O–H groups in total. The predicted octanol–water partition coefficient (Wildman–Crippen LogP) is 3.01. The molecule has 0 rings (SSSR count). The number of hydrogen-bond acceptors (Lipinski definition) is 4. The summed E-state index contributed by atoms with van der Waals surface area (Å²) in [5, 5.41) is 17.4. The molecule has 0 saturated carbocycles. The van der Waals surface area contributed by atoms with Crippen LogP contribution in [0, 0.1) is 10.1 Å². The fourth-order valence-electron chi connectivity index (χ4n) is 1.36. The Balaban J connectivity index is 3.57. The zero-order valence-corrected chi connectivity index (χ0v) is 10.1. The van der Waals surface area contributed by atoms with Crippen molar-refractivity contribution in [1.82, 2.24) is 5.01 Å². The molecule has 0 aromatic heterocycles. The smallest absolute Gasteiger partial charge is 0.160 e.